The van der Waals surface area contributed by atoms with E-state index in [2.05, 4.69) is 20.6 Å². The number of rotatable bonds is 7. The molecule has 0 unspecified atom stereocenters. The molecule has 0 spiro atoms. The molecule has 130 valence electrons. The molecule has 0 atom stereocenters. The van der Waals surface area contributed by atoms with Crippen LogP contribution in [0, 0.1) is 6.92 Å². The second-order valence-corrected chi connectivity index (χ2v) is 7.64. The van der Waals surface area contributed by atoms with Crippen molar-refractivity contribution < 1.29 is 9.53 Å². The van der Waals surface area contributed by atoms with Gasteiger partial charge >= 0.3 is 0 Å². The number of morpholine rings is 1. The van der Waals surface area contributed by atoms with Crippen molar-refractivity contribution >= 4 is 28.6 Å². The van der Waals surface area contributed by atoms with E-state index in [4.69, 9.17) is 4.74 Å². The summed E-state index contributed by atoms with van der Waals surface area (Å²) in [5, 5.41) is 8.04. The largest absolute Gasteiger partial charge is 0.379 e. The van der Waals surface area contributed by atoms with E-state index in [9.17, 15) is 4.79 Å². The van der Waals surface area contributed by atoms with Gasteiger partial charge in [-0.3, -0.25) is 9.69 Å². The van der Waals surface area contributed by atoms with E-state index in [1.807, 2.05) is 18.4 Å². The number of aryl methyl sites for hydroxylation is 1. The van der Waals surface area contributed by atoms with Gasteiger partial charge in [-0.2, -0.15) is 11.3 Å². The molecule has 1 saturated heterocycles. The monoisotopic (exact) mass is 365 g/mol. The Morgan fingerprint density at radius 2 is 2.21 bits per heavy atom. The van der Waals surface area contributed by atoms with E-state index in [-0.39, 0.29) is 5.91 Å². The van der Waals surface area contributed by atoms with Crippen LogP contribution in [-0.4, -0.2) is 55.2 Å². The van der Waals surface area contributed by atoms with E-state index >= 15 is 0 Å². The van der Waals surface area contributed by atoms with Crippen molar-refractivity contribution in [2.75, 3.05) is 39.4 Å². The van der Waals surface area contributed by atoms with Crippen LogP contribution in [0.5, 0.6) is 0 Å². The summed E-state index contributed by atoms with van der Waals surface area (Å²) in [5.41, 5.74) is 1.91. The summed E-state index contributed by atoms with van der Waals surface area (Å²) in [7, 11) is 0. The van der Waals surface area contributed by atoms with Crippen LogP contribution in [0.3, 0.4) is 0 Å². The molecule has 0 bridgehead atoms. The second kappa shape index (κ2) is 8.71. The fourth-order valence-electron chi connectivity index (χ4n) is 2.68. The number of thiophene rings is 1. The Balaban J connectivity index is 1.42. The predicted molar refractivity (Wildman–Crippen MR) is 99.0 cm³/mol. The van der Waals surface area contributed by atoms with Gasteiger partial charge < -0.3 is 10.1 Å². The molecule has 2 aromatic rings. The number of nitrogens with zero attached hydrogens (tertiary/aromatic N) is 2. The molecular weight excluding hydrogens is 342 g/mol. The van der Waals surface area contributed by atoms with E-state index in [0.29, 0.717) is 6.54 Å². The third-order valence-electron chi connectivity index (χ3n) is 4.06. The van der Waals surface area contributed by atoms with Crippen molar-refractivity contribution in [1.82, 2.24) is 15.2 Å². The van der Waals surface area contributed by atoms with Crippen molar-refractivity contribution in [3.05, 3.63) is 27.4 Å². The maximum Gasteiger partial charge on any atom is 0.263 e. The van der Waals surface area contributed by atoms with Gasteiger partial charge in [0.1, 0.15) is 9.88 Å². The summed E-state index contributed by atoms with van der Waals surface area (Å²) in [5.74, 6) is -0.00199. The average molecular weight is 366 g/mol. The molecule has 1 fully saturated rings. The first-order valence-electron chi connectivity index (χ1n) is 8.32. The van der Waals surface area contributed by atoms with E-state index in [1.165, 1.54) is 11.3 Å². The number of nitrogens with one attached hydrogen (secondary N) is 1. The highest BCUT2D eigenvalue weighted by Gasteiger charge is 2.16. The SMILES string of the molecule is Cc1nc(-c2ccsc2)sc1C(=O)NCCCCN1CCOCC1. The number of thiazole rings is 1. The van der Waals surface area contributed by atoms with E-state index < -0.39 is 0 Å². The first-order valence-corrected chi connectivity index (χ1v) is 10.1. The molecule has 0 aromatic carbocycles. The number of unbranched alkanes of at least 4 members (excludes halogenated alkanes) is 1. The molecule has 1 N–H and O–H groups in total. The van der Waals surface area contributed by atoms with Gasteiger partial charge in [0.15, 0.2) is 0 Å². The normalized spacial score (nSPS) is 15.5. The van der Waals surface area contributed by atoms with E-state index in [0.717, 1.165) is 66.8 Å². The Morgan fingerprint density at radius 1 is 1.38 bits per heavy atom. The van der Waals surface area contributed by atoms with Crippen LogP contribution in [0.25, 0.3) is 10.6 Å². The highest BCUT2D eigenvalue weighted by molar-refractivity contribution is 7.17. The molecule has 2 aromatic heterocycles. The Kier molecular flexibility index (Phi) is 6.37. The number of ether oxygens (including phenoxy) is 1. The van der Waals surface area contributed by atoms with Crippen LogP contribution < -0.4 is 5.32 Å². The Morgan fingerprint density at radius 3 is 2.96 bits per heavy atom. The summed E-state index contributed by atoms with van der Waals surface area (Å²) in [4.78, 5) is 20.0. The summed E-state index contributed by atoms with van der Waals surface area (Å²) in [6.07, 6.45) is 2.10. The summed E-state index contributed by atoms with van der Waals surface area (Å²) < 4.78 is 5.34. The third kappa shape index (κ3) is 4.63. The number of hydrogen-bond acceptors (Lipinski definition) is 6. The molecule has 1 aliphatic heterocycles. The van der Waals surface area contributed by atoms with Gasteiger partial charge in [0, 0.05) is 30.6 Å². The fourth-order valence-corrected chi connectivity index (χ4v) is 4.38. The van der Waals surface area contributed by atoms with E-state index in [1.54, 1.807) is 11.3 Å². The second-order valence-electron chi connectivity index (χ2n) is 5.86. The Hall–Kier alpha value is -1.28. The lowest BCUT2D eigenvalue weighted by Crippen LogP contribution is -2.37. The lowest BCUT2D eigenvalue weighted by atomic mass is 10.2. The van der Waals surface area contributed by atoms with Crippen LogP contribution >= 0.6 is 22.7 Å². The standard InChI is InChI=1S/C17H23N3O2S2/c1-13-15(24-17(19-13)14-4-11-23-12-14)16(21)18-5-2-3-6-20-7-9-22-10-8-20/h4,11-12H,2-3,5-10H2,1H3,(H,18,21). The smallest absolute Gasteiger partial charge is 0.263 e. The summed E-state index contributed by atoms with van der Waals surface area (Å²) in [6, 6.07) is 2.04. The molecule has 7 heteroatoms. The maximum absolute atomic E-state index is 12.3. The molecule has 0 radical (unpaired) electrons. The highest BCUT2D eigenvalue weighted by atomic mass is 32.1. The van der Waals surface area contributed by atoms with Crippen molar-refractivity contribution in [3.63, 3.8) is 0 Å². The van der Waals surface area contributed by atoms with Gasteiger partial charge in [-0.25, -0.2) is 4.98 Å². The maximum atomic E-state index is 12.3. The number of carbonyl (C=O) groups is 1. The lowest BCUT2D eigenvalue weighted by Gasteiger charge is -2.26. The first-order chi connectivity index (χ1) is 11.7. The van der Waals surface area contributed by atoms with Gasteiger partial charge in [0.05, 0.1) is 18.9 Å². The van der Waals surface area contributed by atoms with Crippen LogP contribution in [0.4, 0.5) is 0 Å². The van der Waals surface area contributed by atoms with Crippen LogP contribution in [0.1, 0.15) is 28.2 Å². The topological polar surface area (TPSA) is 54.5 Å². The van der Waals surface area contributed by atoms with Crippen molar-refractivity contribution in [2.45, 2.75) is 19.8 Å². The van der Waals surface area contributed by atoms with Gasteiger partial charge in [-0.05, 0) is 37.8 Å². The number of carbonyl (C=O) groups excluding carboxylic acids is 1. The Bertz CT molecular complexity index is 649. The zero-order valence-electron chi connectivity index (χ0n) is 13.9. The van der Waals surface area contributed by atoms with Crippen molar-refractivity contribution in [1.29, 1.82) is 0 Å². The minimum atomic E-state index is -0.00199. The summed E-state index contributed by atoms with van der Waals surface area (Å²) in [6.45, 7) is 7.44. The number of hydrogen-bond donors (Lipinski definition) is 1. The zero-order chi connectivity index (χ0) is 16.8. The van der Waals surface area contributed by atoms with Crippen LogP contribution in [0.15, 0.2) is 16.8 Å². The molecule has 5 nitrogen and oxygen atoms in total. The quantitative estimate of drug-likeness (QED) is 0.767. The fraction of sp³-hybridized carbons (Fsp3) is 0.529. The lowest BCUT2D eigenvalue weighted by molar-refractivity contribution is 0.0372. The van der Waals surface area contributed by atoms with Crippen LogP contribution in [0.2, 0.25) is 0 Å². The third-order valence-corrected chi connectivity index (χ3v) is 5.95. The molecule has 1 aliphatic rings. The number of aromatic nitrogens is 1. The number of amides is 1. The van der Waals surface area contributed by atoms with Gasteiger partial charge in [-0.1, -0.05) is 0 Å². The van der Waals surface area contributed by atoms with Gasteiger partial charge in [-0.15, -0.1) is 11.3 Å². The average Bonchev–Trinajstić information content (AvgIpc) is 3.24. The van der Waals surface area contributed by atoms with Crippen molar-refractivity contribution in [3.8, 4) is 10.6 Å². The van der Waals surface area contributed by atoms with Gasteiger partial charge in [0.25, 0.3) is 5.91 Å². The molecule has 24 heavy (non-hydrogen) atoms. The molecule has 0 saturated carbocycles. The van der Waals surface area contributed by atoms with Gasteiger partial charge in [0.2, 0.25) is 0 Å². The highest BCUT2D eigenvalue weighted by Crippen LogP contribution is 2.29. The minimum absolute atomic E-state index is 0.00199. The predicted octanol–water partition coefficient (Wildman–Crippen LogP) is 3.02. The summed E-state index contributed by atoms with van der Waals surface area (Å²) >= 11 is 3.12. The molecule has 0 aliphatic carbocycles. The first kappa shape index (κ1) is 17.5. The Labute approximate surface area is 150 Å². The zero-order valence-corrected chi connectivity index (χ0v) is 15.5. The van der Waals surface area contributed by atoms with Crippen molar-refractivity contribution in [2.24, 2.45) is 0 Å². The molecule has 3 heterocycles. The minimum Gasteiger partial charge on any atom is -0.379 e. The molecule has 1 amide bonds. The molecular formula is C17H23N3O2S2. The van der Waals surface area contributed by atoms with Crippen LogP contribution in [-0.2, 0) is 4.74 Å². The molecule has 3 rings (SSSR count).